The number of rotatable bonds is 11. The average Bonchev–Trinajstić information content (AvgIpc) is 2.62. The Bertz CT molecular complexity index is 457. The zero-order valence-electron chi connectivity index (χ0n) is 15.1. The maximum atomic E-state index is 10.8. The van der Waals surface area contributed by atoms with Crippen LogP contribution in [0, 0.1) is 0 Å². The van der Waals surface area contributed by atoms with Crippen molar-refractivity contribution in [2.45, 2.75) is 45.7 Å². The number of anilines is 1. The largest absolute Gasteiger partial charge is 0.393 e. The van der Waals surface area contributed by atoms with Gasteiger partial charge in [0.1, 0.15) is 6.10 Å². The van der Waals surface area contributed by atoms with Gasteiger partial charge in [-0.1, -0.05) is 12.1 Å². The van der Waals surface area contributed by atoms with Crippen LogP contribution in [0.5, 0.6) is 0 Å². The Hall–Kier alpha value is -1.18. The third-order valence-electron chi connectivity index (χ3n) is 4.11. The maximum Gasteiger partial charge on any atom is 0.191 e. The quantitative estimate of drug-likeness (QED) is 0.531. The van der Waals surface area contributed by atoms with Crippen molar-refractivity contribution in [2.24, 2.45) is 0 Å². The molecule has 0 radical (unpaired) electrons. The zero-order chi connectivity index (χ0) is 18.2. The lowest BCUT2D eigenvalue weighted by molar-refractivity contribution is -0.275. The van der Waals surface area contributed by atoms with E-state index in [1.807, 2.05) is 12.1 Å². The number of aliphatic hydroxyl groups excluding tert-OH is 2. The standard InChI is InChI=1S/C18H31NO5/c1-5-19(6-2)15-11-9-14(10-12-15)16(21)18(22,13-20)17(23-7-3)24-8-4/h9-12,16-17,20-22H,5-8,13H2,1-4H3. The number of ether oxygens (including phenoxy) is 2. The van der Waals surface area contributed by atoms with Crippen molar-refractivity contribution in [3.8, 4) is 0 Å². The maximum absolute atomic E-state index is 10.8. The lowest BCUT2D eigenvalue weighted by Gasteiger charge is -2.37. The van der Waals surface area contributed by atoms with Gasteiger partial charge in [0.2, 0.25) is 0 Å². The highest BCUT2D eigenvalue weighted by Crippen LogP contribution is 2.32. The van der Waals surface area contributed by atoms with Gasteiger partial charge < -0.3 is 29.7 Å². The van der Waals surface area contributed by atoms with Gasteiger partial charge in [0.25, 0.3) is 0 Å². The molecule has 0 saturated heterocycles. The summed E-state index contributed by atoms with van der Waals surface area (Å²) in [6, 6.07) is 7.27. The molecule has 0 spiro atoms. The summed E-state index contributed by atoms with van der Waals surface area (Å²) in [5.41, 5.74) is -0.413. The molecule has 3 N–H and O–H groups in total. The van der Waals surface area contributed by atoms with Gasteiger partial charge in [-0.15, -0.1) is 0 Å². The molecule has 1 aromatic carbocycles. The fraction of sp³-hybridized carbons (Fsp3) is 0.667. The molecule has 2 unspecified atom stereocenters. The second kappa shape index (κ2) is 9.96. The van der Waals surface area contributed by atoms with Crippen molar-refractivity contribution >= 4 is 5.69 Å². The van der Waals surface area contributed by atoms with E-state index in [4.69, 9.17) is 9.47 Å². The smallest absolute Gasteiger partial charge is 0.191 e. The second-order valence-electron chi connectivity index (χ2n) is 5.56. The zero-order valence-corrected chi connectivity index (χ0v) is 15.1. The molecule has 0 bridgehead atoms. The molecule has 0 aliphatic carbocycles. The molecule has 2 atom stereocenters. The number of aliphatic hydroxyl groups is 3. The minimum atomic E-state index is -1.94. The highest BCUT2D eigenvalue weighted by molar-refractivity contribution is 5.48. The molecule has 1 aromatic rings. The highest BCUT2D eigenvalue weighted by atomic mass is 16.7. The van der Waals surface area contributed by atoms with E-state index in [0.29, 0.717) is 18.8 Å². The van der Waals surface area contributed by atoms with E-state index in [1.165, 1.54) is 0 Å². The molecule has 6 nitrogen and oxygen atoms in total. The molecule has 0 fully saturated rings. The predicted molar refractivity (Wildman–Crippen MR) is 94.0 cm³/mol. The van der Waals surface area contributed by atoms with E-state index in [9.17, 15) is 15.3 Å². The van der Waals surface area contributed by atoms with Crippen molar-refractivity contribution in [3.05, 3.63) is 29.8 Å². The third-order valence-corrected chi connectivity index (χ3v) is 4.11. The topological polar surface area (TPSA) is 82.4 Å². The first-order valence-corrected chi connectivity index (χ1v) is 8.57. The van der Waals surface area contributed by atoms with Crippen molar-refractivity contribution in [3.63, 3.8) is 0 Å². The molecule has 0 amide bonds. The summed E-state index contributed by atoms with van der Waals surface area (Å²) >= 11 is 0. The van der Waals surface area contributed by atoms with Gasteiger partial charge in [0.15, 0.2) is 11.9 Å². The highest BCUT2D eigenvalue weighted by Gasteiger charge is 2.45. The first-order valence-electron chi connectivity index (χ1n) is 8.57. The summed E-state index contributed by atoms with van der Waals surface area (Å²) < 4.78 is 10.8. The van der Waals surface area contributed by atoms with Crippen LogP contribution in [0.25, 0.3) is 0 Å². The lowest BCUT2D eigenvalue weighted by atomic mass is 9.90. The van der Waals surface area contributed by atoms with Gasteiger partial charge >= 0.3 is 0 Å². The van der Waals surface area contributed by atoms with Crippen LogP contribution < -0.4 is 4.90 Å². The molecule has 0 aromatic heterocycles. The summed E-state index contributed by atoms with van der Waals surface area (Å²) in [5.74, 6) is 0. The molecule has 0 aliphatic heterocycles. The molecule has 138 valence electrons. The Morgan fingerprint density at radius 1 is 1.00 bits per heavy atom. The number of benzene rings is 1. The van der Waals surface area contributed by atoms with Gasteiger partial charge in [0, 0.05) is 32.0 Å². The van der Waals surface area contributed by atoms with Crippen LogP contribution in [0.3, 0.4) is 0 Å². The summed E-state index contributed by atoms with van der Waals surface area (Å²) in [6.07, 6.45) is -2.45. The SMILES string of the molecule is CCOC(OCC)C(O)(CO)C(O)c1ccc(N(CC)CC)cc1. The van der Waals surface area contributed by atoms with Gasteiger partial charge in [-0.05, 0) is 45.4 Å². The van der Waals surface area contributed by atoms with Crippen LogP contribution in [-0.2, 0) is 9.47 Å². The molecule has 6 heteroatoms. The normalized spacial score (nSPS) is 15.3. The van der Waals surface area contributed by atoms with Crippen molar-refractivity contribution in [2.75, 3.05) is 37.8 Å². The molecular weight excluding hydrogens is 310 g/mol. The molecular formula is C18H31NO5. The third kappa shape index (κ3) is 4.68. The minimum absolute atomic E-state index is 0.292. The van der Waals surface area contributed by atoms with Crippen LogP contribution in [0.4, 0.5) is 5.69 Å². The van der Waals surface area contributed by atoms with Crippen LogP contribution >= 0.6 is 0 Å². The van der Waals surface area contributed by atoms with E-state index in [0.717, 1.165) is 18.8 Å². The van der Waals surface area contributed by atoms with Crippen LogP contribution in [0.2, 0.25) is 0 Å². The summed E-state index contributed by atoms with van der Waals surface area (Å²) in [7, 11) is 0. The minimum Gasteiger partial charge on any atom is -0.393 e. The van der Waals surface area contributed by atoms with Crippen LogP contribution in [-0.4, -0.2) is 60.1 Å². The van der Waals surface area contributed by atoms with Crippen molar-refractivity contribution < 1.29 is 24.8 Å². The molecule has 1 rings (SSSR count). The predicted octanol–water partition coefficient (Wildman–Crippen LogP) is 1.69. The number of hydrogen-bond acceptors (Lipinski definition) is 6. The summed E-state index contributed by atoms with van der Waals surface area (Å²) in [5, 5.41) is 31.1. The average molecular weight is 341 g/mol. The summed E-state index contributed by atoms with van der Waals surface area (Å²) in [4.78, 5) is 2.18. The Kier molecular flexibility index (Phi) is 8.66. The van der Waals surface area contributed by atoms with Gasteiger partial charge in [-0.3, -0.25) is 0 Å². The van der Waals surface area contributed by atoms with Crippen molar-refractivity contribution in [1.29, 1.82) is 0 Å². The van der Waals surface area contributed by atoms with Gasteiger partial charge in [-0.2, -0.15) is 0 Å². The van der Waals surface area contributed by atoms with Gasteiger partial charge in [0.05, 0.1) is 6.61 Å². The Balaban J connectivity index is 3.04. The molecule has 0 aliphatic rings. The second-order valence-corrected chi connectivity index (χ2v) is 5.56. The van der Waals surface area contributed by atoms with E-state index in [2.05, 4.69) is 18.7 Å². The fourth-order valence-electron chi connectivity index (χ4n) is 2.67. The first-order chi connectivity index (χ1) is 11.5. The molecule has 24 heavy (non-hydrogen) atoms. The first kappa shape index (κ1) is 20.9. The van der Waals surface area contributed by atoms with Crippen molar-refractivity contribution in [1.82, 2.24) is 0 Å². The van der Waals surface area contributed by atoms with Crippen LogP contribution in [0.15, 0.2) is 24.3 Å². The lowest BCUT2D eigenvalue weighted by Crippen LogP contribution is -2.53. The summed E-state index contributed by atoms with van der Waals surface area (Å²) in [6.45, 7) is 9.34. The monoisotopic (exact) mass is 341 g/mol. The number of hydrogen-bond donors (Lipinski definition) is 3. The Labute approximate surface area is 144 Å². The Morgan fingerprint density at radius 3 is 1.88 bits per heavy atom. The molecule has 0 heterocycles. The van der Waals surface area contributed by atoms with E-state index < -0.39 is 24.6 Å². The Morgan fingerprint density at radius 2 is 1.50 bits per heavy atom. The number of nitrogens with zero attached hydrogens (tertiary/aromatic N) is 1. The van der Waals surface area contributed by atoms with Gasteiger partial charge in [-0.25, -0.2) is 0 Å². The van der Waals surface area contributed by atoms with E-state index >= 15 is 0 Å². The van der Waals surface area contributed by atoms with E-state index in [1.54, 1.807) is 26.0 Å². The van der Waals surface area contributed by atoms with E-state index in [-0.39, 0.29) is 0 Å². The molecule has 0 saturated carbocycles. The van der Waals surface area contributed by atoms with Crippen LogP contribution in [0.1, 0.15) is 39.4 Å². The fourth-order valence-corrected chi connectivity index (χ4v) is 2.67.